The van der Waals surface area contributed by atoms with E-state index in [2.05, 4.69) is 41.4 Å². The van der Waals surface area contributed by atoms with Crippen LogP contribution in [0.25, 0.3) is 10.9 Å². The lowest BCUT2D eigenvalue weighted by atomic mass is 9.79. The van der Waals surface area contributed by atoms with Crippen molar-refractivity contribution in [3.05, 3.63) is 47.4 Å². The highest BCUT2D eigenvalue weighted by atomic mass is 16.2. The number of hydrogen-bond donors (Lipinski definition) is 2. The average molecular weight is 406 g/mol. The van der Waals surface area contributed by atoms with Gasteiger partial charge >= 0.3 is 0 Å². The minimum absolute atomic E-state index is 0.0244. The van der Waals surface area contributed by atoms with Gasteiger partial charge in [-0.15, -0.1) is 0 Å². The van der Waals surface area contributed by atoms with E-state index in [0.29, 0.717) is 24.3 Å². The molecule has 2 aliphatic rings. The maximum atomic E-state index is 13.0. The zero-order valence-corrected chi connectivity index (χ0v) is 17.5. The molecule has 0 aliphatic carbocycles. The number of H-pyrrole nitrogens is 1. The van der Waals surface area contributed by atoms with Gasteiger partial charge in [0.2, 0.25) is 0 Å². The Bertz CT molecular complexity index is 1140. The van der Waals surface area contributed by atoms with Gasteiger partial charge in [-0.2, -0.15) is 10.2 Å². The van der Waals surface area contributed by atoms with Crippen LogP contribution in [0.4, 0.5) is 0 Å². The normalized spacial score (nSPS) is 18.5. The Morgan fingerprint density at radius 2 is 1.97 bits per heavy atom. The standard InChI is InChI=1S/C22H26N6O2/c1-21(2,3)28-13-16-11-22(24-19(29)18(16)26-28)6-8-27(9-7-22)20(30)14-4-5-17-15(10-14)12-23-25-17/h4-5,10,12-13H,6-9,11H2,1-3H3,(H,23,25)(H,24,29). The largest absolute Gasteiger partial charge is 0.345 e. The summed E-state index contributed by atoms with van der Waals surface area (Å²) in [5.41, 5.74) is 2.64. The number of hydrogen-bond acceptors (Lipinski definition) is 4. The van der Waals surface area contributed by atoms with Gasteiger partial charge in [-0.25, -0.2) is 0 Å². The first-order valence-corrected chi connectivity index (χ1v) is 10.4. The molecule has 8 heteroatoms. The summed E-state index contributed by atoms with van der Waals surface area (Å²) in [5, 5.41) is 15.6. The molecule has 2 amide bonds. The van der Waals surface area contributed by atoms with Crippen molar-refractivity contribution in [2.24, 2.45) is 0 Å². The van der Waals surface area contributed by atoms with E-state index in [4.69, 9.17) is 0 Å². The molecule has 1 aromatic carbocycles. The lowest BCUT2D eigenvalue weighted by Crippen LogP contribution is -2.59. The molecule has 5 rings (SSSR count). The molecule has 0 bridgehead atoms. The van der Waals surface area contributed by atoms with Crippen LogP contribution in [0.15, 0.2) is 30.6 Å². The molecule has 1 saturated heterocycles. The highest BCUT2D eigenvalue weighted by Crippen LogP contribution is 2.33. The Morgan fingerprint density at radius 3 is 2.70 bits per heavy atom. The van der Waals surface area contributed by atoms with Crippen molar-refractivity contribution in [2.75, 3.05) is 13.1 Å². The molecule has 0 saturated carbocycles. The monoisotopic (exact) mass is 406 g/mol. The molecule has 2 N–H and O–H groups in total. The number of nitrogens with zero attached hydrogens (tertiary/aromatic N) is 4. The van der Waals surface area contributed by atoms with Crippen LogP contribution in [0.1, 0.15) is 60.0 Å². The summed E-state index contributed by atoms with van der Waals surface area (Å²) in [6.45, 7) is 7.45. The van der Waals surface area contributed by atoms with Crippen LogP contribution in [-0.2, 0) is 12.0 Å². The van der Waals surface area contributed by atoms with Crippen molar-refractivity contribution < 1.29 is 9.59 Å². The first kappa shape index (κ1) is 18.8. The first-order valence-electron chi connectivity index (χ1n) is 10.4. The van der Waals surface area contributed by atoms with E-state index >= 15 is 0 Å². The van der Waals surface area contributed by atoms with Gasteiger partial charge in [0.05, 0.1) is 17.3 Å². The summed E-state index contributed by atoms with van der Waals surface area (Å²) < 4.78 is 1.88. The third-order valence-corrected chi connectivity index (χ3v) is 6.29. The summed E-state index contributed by atoms with van der Waals surface area (Å²) in [6, 6.07) is 5.60. The molecule has 2 aliphatic heterocycles. The average Bonchev–Trinajstić information content (AvgIpc) is 3.34. The third kappa shape index (κ3) is 3.07. The topological polar surface area (TPSA) is 95.9 Å². The van der Waals surface area contributed by atoms with Crippen LogP contribution < -0.4 is 5.32 Å². The first-order chi connectivity index (χ1) is 14.2. The Morgan fingerprint density at radius 1 is 1.20 bits per heavy atom. The Hall–Kier alpha value is -3.16. The van der Waals surface area contributed by atoms with Crippen molar-refractivity contribution in [1.82, 2.24) is 30.2 Å². The van der Waals surface area contributed by atoms with Crippen LogP contribution in [0.3, 0.4) is 0 Å². The lowest BCUT2D eigenvalue weighted by Gasteiger charge is -2.44. The number of carbonyl (C=O) groups is 2. The molecule has 3 aromatic rings. The highest BCUT2D eigenvalue weighted by Gasteiger charge is 2.43. The Balaban J connectivity index is 1.32. The molecule has 0 unspecified atom stereocenters. The van der Waals surface area contributed by atoms with Crippen LogP contribution in [0, 0.1) is 0 Å². The van der Waals surface area contributed by atoms with Gasteiger partial charge < -0.3 is 10.2 Å². The van der Waals surface area contributed by atoms with E-state index in [1.807, 2.05) is 34.0 Å². The number of amides is 2. The number of aromatic amines is 1. The summed E-state index contributed by atoms with van der Waals surface area (Å²) in [5.74, 6) is -0.0826. The van der Waals surface area contributed by atoms with Crippen LogP contribution >= 0.6 is 0 Å². The molecule has 0 radical (unpaired) electrons. The second-order valence-corrected chi connectivity index (χ2v) is 9.49. The van der Waals surface area contributed by atoms with Gasteiger partial charge in [0.25, 0.3) is 11.8 Å². The smallest absolute Gasteiger partial charge is 0.272 e. The van der Waals surface area contributed by atoms with Gasteiger partial charge in [-0.1, -0.05) is 0 Å². The van der Waals surface area contributed by atoms with E-state index in [9.17, 15) is 9.59 Å². The molecule has 0 atom stereocenters. The summed E-state index contributed by atoms with van der Waals surface area (Å²) >= 11 is 0. The maximum absolute atomic E-state index is 13.0. The predicted octanol–water partition coefficient (Wildman–Crippen LogP) is 2.48. The van der Waals surface area contributed by atoms with E-state index < -0.39 is 0 Å². The quantitative estimate of drug-likeness (QED) is 0.649. The molecule has 156 valence electrons. The van der Waals surface area contributed by atoms with Crippen molar-refractivity contribution in [3.8, 4) is 0 Å². The molecule has 1 spiro atoms. The Labute approximate surface area is 174 Å². The number of fused-ring (bicyclic) bond motifs is 2. The Kier molecular flexibility index (Phi) is 4.03. The third-order valence-electron chi connectivity index (χ3n) is 6.29. The highest BCUT2D eigenvalue weighted by molar-refractivity contribution is 5.98. The minimum Gasteiger partial charge on any atom is -0.345 e. The maximum Gasteiger partial charge on any atom is 0.272 e. The number of nitrogens with one attached hydrogen (secondary N) is 2. The number of piperidine rings is 1. The zero-order valence-electron chi connectivity index (χ0n) is 17.5. The predicted molar refractivity (Wildman–Crippen MR) is 112 cm³/mol. The van der Waals surface area contributed by atoms with Crippen LogP contribution in [-0.4, -0.2) is 55.3 Å². The van der Waals surface area contributed by atoms with Crippen molar-refractivity contribution >= 4 is 22.7 Å². The molecule has 2 aromatic heterocycles. The lowest BCUT2D eigenvalue weighted by molar-refractivity contribution is 0.0605. The number of rotatable bonds is 1. The van der Waals surface area contributed by atoms with E-state index in [-0.39, 0.29) is 22.9 Å². The summed E-state index contributed by atoms with van der Waals surface area (Å²) in [7, 11) is 0. The number of aromatic nitrogens is 4. The van der Waals surface area contributed by atoms with Crippen molar-refractivity contribution in [1.29, 1.82) is 0 Å². The fourth-order valence-electron chi connectivity index (χ4n) is 4.48. The zero-order chi connectivity index (χ0) is 21.1. The fraction of sp³-hybridized carbons (Fsp3) is 0.455. The van der Waals surface area contributed by atoms with Crippen LogP contribution in [0.5, 0.6) is 0 Å². The molecular formula is C22H26N6O2. The fourth-order valence-corrected chi connectivity index (χ4v) is 4.48. The number of benzene rings is 1. The van der Waals surface area contributed by atoms with E-state index in [0.717, 1.165) is 35.7 Å². The van der Waals surface area contributed by atoms with Gasteiger partial charge in [0, 0.05) is 41.3 Å². The number of likely N-dealkylation sites (tertiary alicyclic amines) is 1. The van der Waals surface area contributed by atoms with Gasteiger partial charge in [-0.05, 0) is 58.2 Å². The van der Waals surface area contributed by atoms with Crippen molar-refractivity contribution in [3.63, 3.8) is 0 Å². The van der Waals surface area contributed by atoms with Crippen LogP contribution in [0.2, 0.25) is 0 Å². The SMILES string of the molecule is CC(C)(C)n1cc2c(n1)C(=O)NC1(CCN(C(=O)c3ccc4[nH]ncc4c3)CC1)C2. The second-order valence-electron chi connectivity index (χ2n) is 9.49. The molecule has 30 heavy (non-hydrogen) atoms. The summed E-state index contributed by atoms with van der Waals surface area (Å²) in [4.78, 5) is 27.6. The second kappa shape index (κ2) is 6.42. The summed E-state index contributed by atoms with van der Waals surface area (Å²) in [6.07, 6.45) is 5.96. The van der Waals surface area contributed by atoms with E-state index in [1.54, 1.807) is 6.20 Å². The van der Waals surface area contributed by atoms with Gasteiger partial charge in [0.15, 0.2) is 5.69 Å². The molecule has 4 heterocycles. The minimum atomic E-state index is -0.304. The molecule has 8 nitrogen and oxygen atoms in total. The molecule has 1 fully saturated rings. The number of carbonyl (C=O) groups excluding carboxylic acids is 2. The van der Waals surface area contributed by atoms with E-state index in [1.165, 1.54) is 0 Å². The molecular weight excluding hydrogens is 380 g/mol. The van der Waals surface area contributed by atoms with Gasteiger partial charge in [-0.3, -0.25) is 19.4 Å². The van der Waals surface area contributed by atoms with Crippen molar-refractivity contribution in [2.45, 2.75) is 51.1 Å². The van der Waals surface area contributed by atoms with Gasteiger partial charge in [0.1, 0.15) is 0 Å².